The van der Waals surface area contributed by atoms with Crippen molar-refractivity contribution < 1.29 is 18.3 Å². The average molecular weight is 286 g/mol. The van der Waals surface area contributed by atoms with Crippen molar-refractivity contribution in [3.8, 4) is 5.75 Å². The number of hydrogen-bond donors (Lipinski definition) is 2. The van der Waals surface area contributed by atoms with Crippen LogP contribution in [0, 0.1) is 0 Å². The second-order valence-electron chi connectivity index (χ2n) is 4.55. The van der Waals surface area contributed by atoms with E-state index in [1.165, 1.54) is 12.1 Å². The zero-order valence-corrected chi connectivity index (χ0v) is 11.4. The Labute approximate surface area is 117 Å². The molecule has 0 aromatic heterocycles. The largest absolute Gasteiger partial charge is 0.435 e. The van der Waals surface area contributed by atoms with Gasteiger partial charge >= 0.3 is 6.61 Å². The number of rotatable bonds is 8. The molecule has 0 fully saturated rings. The zero-order chi connectivity index (χ0) is 15.0. The molecule has 0 heterocycles. The van der Waals surface area contributed by atoms with Gasteiger partial charge in [0.2, 0.25) is 5.91 Å². The lowest BCUT2D eigenvalue weighted by molar-refractivity contribution is -0.121. The number of alkyl halides is 2. The molecule has 112 valence electrons. The minimum atomic E-state index is -2.83. The van der Waals surface area contributed by atoms with Crippen LogP contribution in [0.25, 0.3) is 0 Å². The summed E-state index contributed by atoms with van der Waals surface area (Å²) >= 11 is 0. The van der Waals surface area contributed by atoms with Crippen molar-refractivity contribution in [2.45, 2.75) is 45.4 Å². The molecule has 1 amide bonds. The normalized spacial score (nSPS) is 12.2. The van der Waals surface area contributed by atoms with Crippen LogP contribution in [-0.4, -0.2) is 18.6 Å². The van der Waals surface area contributed by atoms with Gasteiger partial charge in [-0.3, -0.25) is 4.79 Å². The summed E-state index contributed by atoms with van der Waals surface area (Å²) in [6, 6.07) is 6.02. The van der Waals surface area contributed by atoms with Crippen LogP contribution >= 0.6 is 0 Å². The molecule has 1 atom stereocenters. The number of halogens is 2. The van der Waals surface area contributed by atoms with E-state index in [0.29, 0.717) is 13.0 Å². The molecule has 4 nitrogen and oxygen atoms in total. The summed E-state index contributed by atoms with van der Waals surface area (Å²) < 4.78 is 28.2. The maximum atomic E-state index is 12.0. The fourth-order valence-corrected chi connectivity index (χ4v) is 1.77. The quantitative estimate of drug-likeness (QED) is 0.771. The van der Waals surface area contributed by atoms with Gasteiger partial charge in [-0.2, -0.15) is 8.78 Å². The first kappa shape index (κ1) is 16.4. The van der Waals surface area contributed by atoms with E-state index in [-0.39, 0.29) is 17.7 Å². The fraction of sp³-hybridized carbons (Fsp3) is 0.500. The molecule has 20 heavy (non-hydrogen) atoms. The summed E-state index contributed by atoms with van der Waals surface area (Å²) in [4.78, 5) is 11.6. The monoisotopic (exact) mass is 286 g/mol. The third kappa shape index (κ3) is 6.47. The van der Waals surface area contributed by atoms with Gasteiger partial charge < -0.3 is 15.8 Å². The topological polar surface area (TPSA) is 64.4 Å². The van der Waals surface area contributed by atoms with E-state index in [4.69, 9.17) is 5.73 Å². The minimum absolute atomic E-state index is 0.0973. The first-order valence-corrected chi connectivity index (χ1v) is 6.57. The van der Waals surface area contributed by atoms with Gasteiger partial charge in [0.1, 0.15) is 5.75 Å². The van der Waals surface area contributed by atoms with E-state index >= 15 is 0 Å². The first-order chi connectivity index (χ1) is 9.51. The second-order valence-corrected chi connectivity index (χ2v) is 4.55. The molecule has 6 heteroatoms. The highest BCUT2D eigenvalue weighted by atomic mass is 19.3. The van der Waals surface area contributed by atoms with Crippen LogP contribution in [0.3, 0.4) is 0 Å². The molecule has 0 spiro atoms. The van der Waals surface area contributed by atoms with Crippen molar-refractivity contribution in [1.82, 2.24) is 5.32 Å². The Morgan fingerprint density at radius 2 is 2.00 bits per heavy atom. The number of nitrogens with two attached hydrogens (primary N) is 1. The van der Waals surface area contributed by atoms with E-state index < -0.39 is 6.61 Å². The Morgan fingerprint density at radius 3 is 2.55 bits per heavy atom. The van der Waals surface area contributed by atoms with Crippen molar-refractivity contribution in [3.63, 3.8) is 0 Å². The lowest BCUT2D eigenvalue weighted by atomic mass is 10.1. The smallest absolute Gasteiger partial charge is 0.387 e. The van der Waals surface area contributed by atoms with Gasteiger partial charge in [-0.1, -0.05) is 25.5 Å². The molecule has 0 aliphatic rings. The predicted molar refractivity (Wildman–Crippen MR) is 72.4 cm³/mol. The van der Waals surface area contributed by atoms with E-state index in [9.17, 15) is 13.6 Å². The van der Waals surface area contributed by atoms with Crippen molar-refractivity contribution >= 4 is 5.91 Å². The van der Waals surface area contributed by atoms with Crippen molar-refractivity contribution in [1.29, 1.82) is 0 Å². The molecule has 0 saturated heterocycles. The number of benzene rings is 1. The molecular weight excluding hydrogens is 266 g/mol. The summed E-state index contributed by atoms with van der Waals surface area (Å²) in [5.74, 6) is -0.0149. The molecule has 0 saturated carbocycles. The standard InChI is InChI=1S/C14H20F2N2O2/c1-2-3-11(17)8-13(19)18-9-10-4-6-12(7-5-10)20-14(15)16/h4-7,11,14H,2-3,8-9,17H2,1H3,(H,18,19). The number of carbonyl (C=O) groups excluding carboxylic acids is 1. The maximum Gasteiger partial charge on any atom is 0.387 e. The Morgan fingerprint density at radius 1 is 1.35 bits per heavy atom. The molecular formula is C14H20F2N2O2. The first-order valence-electron chi connectivity index (χ1n) is 6.57. The predicted octanol–water partition coefficient (Wildman–Crippen LogP) is 2.42. The van der Waals surface area contributed by atoms with Crippen molar-refractivity contribution in [2.75, 3.05) is 0 Å². The van der Waals surface area contributed by atoms with Gasteiger partial charge in [-0.25, -0.2) is 0 Å². The maximum absolute atomic E-state index is 12.0. The molecule has 1 aromatic rings. The van der Waals surface area contributed by atoms with E-state index in [1.807, 2.05) is 6.92 Å². The Bertz CT molecular complexity index is 410. The Hall–Kier alpha value is -1.69. The van der Waals surface area contributed by atoms with Gasteiger partial charge in [0, 0.05) is 19.0 Å². The van der Waals surface area contributed by atoms with Crippen LogP contribution < -0.4 is 15.8 Å². The minimum Gasteiger partial charge on any atom is -0.435 e. The highest BCUT2D eigenvalue weighted by Gasteiger charge is 2.08. The second kappa shape index (κ2) is 8.47. The number of nitrogens with one attached hydrogen (secondary N) is 1. The van der Waals surface area contributed by atoms with Crippen LogP contribution in [0.15, 0.2) is 24.3 Å². The Kier molecular flexibility index (Phi) is 6.93. The summed E-state index contributed by atoms with van der Waals surface area (Å²) in [5.41, 5.74) is 6.58. The number of carbonyl (C=O) groups is 1. The van der Waals surface area contributed by atoms with E-state index in [0.717, 1.165) is 18.4 Å². The van der Waals surface area contributed by atoms with Gasteiger partial charge in [0.15, 0.2) is 0 Å². The highest BCUT2D eigenvalue weighted by Crippen LogP contribution is 2.14. The van der Waals surface area contributed by atoms with Gasteiger partial charge in [0.05, 0.1) is 0 Å². The zero-order valence-electron chi connectivity index (χ0n) is 11.4. The molecule has 0 radical (unpaired) electrons. The SMILES string of the molecule is CCCC(N)CC(=O)NCc1ccc(OC(F)F)cc1. The van der Waals surface area contributed by atoms with Crippen molar-refractivity contribution in [3.05, 3.63) is 29.8 Å². The Balaban J connectivity index is 2.36. The summed E-state index contributed by atoms with van der Waals surface area (Å²) in [6.07, 6.45) is 2.05. The summed E-state index contributed by atoms with van der Waals surface area (Å²) in [5, 5.41) is 2.74. The summed E-state index contributed by atoms with van der Waals surface area (Å²) in [7, 11) is 0. The molecule has 0 aliphatic heterocycles. The van der Waals surface area contributed by atoms with E-state index in [1.54, 1.807) is 12.1 Å². The molecule has 3 N–H and O–H groups in total. The van der Waals surface area contributed by atoms with Crippen LogP contribution in [-0.2, 0) is 11.3 Å². The molecule has 1 aromatic carbocycles. The average Bonchev–Trinajstić information content (AvgIpc) is 2.37. The third-order valence-electron chi connectivity index (χ3n) is 2.75. The van der Waals surface area contributed by atoms with Gasteiger partial charge in [0.25, 0.3) is 0 Å². The molecule has 1 unspecified atom stereocenters. The highest BCUT2D eigenvalue weighted by molar-refractivity contribution is 5.76. The van der Waals surface area contributed by atoms with Gasteiger partial charge in [-0.05, 0) is 24.1 Å². The van der Waals surface area contributed by atoms with Crippen LogP contribution in [0.2, 0.25) is 0 Å². The van der Waals surface area contributed by atoms with Crippen molar-refractivity contribution in [2.24, 2.45) is 5.73 Å². The van der Waals surface area contributed by atoms with Gasteiger partial charge in [-0.15, -0.1) is 0 Å². The number of amides is 1. The third-order valence-corrected chi connectivity index (χ3v) is 2.75. The molecule has 1 rings (SSSR count). The lowest BCUT2D eigenvalue weighted by Crippen LogP contribution is -2.31. The van der Waals surface area contributed by atoms with Crippen LogP contribution in [0.4, 0.5) is 8.78 Å². The van der Waals surface area contributed by atoms with Crippen LogP contribution in [0.5, 0.6) is 5.75 Å². The van der Waals surface area contributed by atoms with Crippen LogP contribution in [0.1, 0.15) is 31.7 Å². The molecule has 0 bridgehead atoms. The number of ether oxygens (including phenoxy) is 1. The fourth-order valence-electron chi connectivity index (χ4n) is 1.77. The summed E-state index contributed by atoms with van der Waals surface area (Å²) in [6.45, 7) is -0.478. The molecule has 0 aliphatic carbocycles. The lowest BCUT2D eigenvalue weighted by Gasteiger charge is -2.11. The van der Waals surface area contributed by atoms with E-state index in [2.05, 4.69) is 10.1 Å². The number of hydrogen-bond acceptors (Lipinski definition) is 3.